The molecule has 3 aromatic rings. The van der Waals surface area contributed by atoms with Gasteiger partial charge >= 0.3 is 5.97 Å². The van der Waals surface area contributed by atoms with Crippen LogP contribution >= 0.6 is 0 Å². The molecule has 1 aliphatic rings. The van der Waals surface area contributed by atoms with Gasteiger partial charge in [-0.15, -0.1) is 0 Å². The lowest BCUT2D eigenvalue weighted by Crippen LogP contribution is -2.42. The van der Waals surface area contributed by atoms with Gasteiger partial charge in [0.2, 0.25) is 0 Å². The zero-order valence-electron chi connectivity index (χ0n) is 19.0. The number of hydrogen-bond donors (Lipinski definition) is 2. The summed E-state index contributed by atoms with van der Waals surface area (Å²) in [5, 5.41) is 25.1. The SMILES string of the molecule is COC(=O)c1cn2c(n1)-c1cc(C#C[C@@](C)(O)c3cc(C)on3)ccc1OC(C(C)(C)O)C2. The number of carbonyl (C=O) groups excluding carboxylic acids is 1. The maximum Gasteiger partial charge on any atom is 0.358 e. The number of fused-ring (bicyclic) bond motifs is 3. The van der Waals surface area contributed by atoms with Gasteiger partial charge in [-0.25, -0.2) is 9.78 Å². The molecule has 0 bridgehead atoms. The molecule has 0 aliphatic carbocycles. The Morgan fingerprint density at radius 3 is 2.67 bits per heavy atom. The van der Waals surface area contributed by atoms with Crippen LogP contribution in [0.2, 0.25) is 0 Å². The molecule has 172 valence electrons. The fourth-order valence-electron chi connectivity index (χ4n) is 3.45. The number of nitrogens with zero attached hydrogens (tertiary/aromatic N) is 3. The van der Waals surface area contributed by atoms with Gasteiger partial charge in [0, 0.05) is 17.8 Å². The second-order valence-corrected chi connectivity index (χ2v) is 8.71. The number of imidazole rings is 1. The first-order chi connectivity index (χ1) is 15.5. The smallest absolute Gasteiger partial charge is 0.358 e. The Kier molecular flexibility index (Phi) is 5.52. The van der Waals surface area contributed by atoms with Gasteiger partial charge in [-0.1, -0.05) is 17.0 Å². The van der Waals surface area contributed by atoms with Crippen LogP contribution in [0.5, 0.6) is 5.75 Å². The number of ether oxygens (including phenoxy) is 2. The predicted octanol–water partition coefficient (Wildman–Crippen LogP) is 2.42. The van der Waals surface area contributed by atoms with E-state index in [1.807, 2.05) is 0 Å². The van der Waals surface area contributed by atoms with Crippen LogP contribution in [0.3, 0.4) is 0 Å². The minimum absolute atomic E-state index is 0.149. The van der Waals surface area contributed by atoms with E-state index in [0.717, 1.165) is 0 Å². The van der Waals surface area contributed by atoms with Crippen molar-refractivity contribution >= 4 is 5.97 Å². The molecule has 4 rings (SSSR count). The molecule has 0 amide bonds. The van der Waals surface area contributed by atoms with Crippen molar-refractivity contribution in [3.05, 3.63) is 53.2 Å². The first kappa shape index (κ1) is 22.6. The molecule has 1 aromatic carbocycles. The molecule has 1 unspecified atom stereocenters. The van der Waals surface area contributed by atoms with Gasteiger partial charge in [-0.3, -0.25) is 0 Å². The van der Waals surface area contributed by atoms with Crippen LogP contribution in [0, 0.1) is 18.8 Å². The monoisotopic (exact) mass is 451 g/mol. The molecule has 0 radical (unpaired) electrons. The van der Waals surface area contributed by atoms with Crippen molar-refractivity contribution in [3.8, 4) is 29.0 Å². The second-order valence-electron chi connectivity index (χ2n) is 8.71. The van der Waals surface area contributed by atoms with E-state index in [2.05, 4.69) is 22.0 Å². The summed E-state index contributed by atoms with van der Waals surface area (Å²) < 4.78 is 17.7. The van der Waals surface area contributed by atoms with Crippen LogP contribution < -0.4 is 4.74 Å². The van der Waals surface area contributed by atoms with Crippen molar-refractivity contribution < 1.29 is 29.0 Å². The number of benzene rings is 1. The topological polar surface area (TPSA) is 120 Å². The fraction of sp³-hybridized carbons (Fsp3) is 0.375. The summed E-state index contributed by atoms with van der Waals surface area (Å²) in [4.78, 5) is 16.5. The Hall–Kier alpha value is -3.61. The number of carbonyl (C=O) groups is 1. The molecule has 2 aromatic heterocycles. The first-order valence-corrected chi connectivity index (χ1v) is 10.4. The van der Waals surface area contributed by atoms with Gasteiger partial charge in [0.05, 0.1) is 24.8 Å². The van der Waals surface area contributed by atoms with Crippen molar-refractivity contribution in [2.24, 2.45) is 0 Å². The predicted molar refractivity (Wildman–Crippen MR) is 117 cm³/mol. The Morgan fingerprint density at radius 2 is 2.03 bits per heavy atom. The molecule has 2 atom stereocenters. The summed E-state index contributed by atoms with van der Waals surface area (Å²) in [7, 11) is 1.29. The highest BCUT2D eigenvalue weighted by Crippen LogP contribution is 2.36. The third-order valence-electron chi connectivity index (χ3n) is 5.39. The first-order valence-electron chi connectivity index (χ1n) is 10.4. The van der Waals surface area contributed by atoms with Gasteiger partial charge in [0.15, 0.2) is 11.3 Å². The van der Waals surface area contributed by atoms with E-state index in [0.29, 0.717) is 34.2 Å². The highest BCUT2D eigenvalue weighted by molar-refractivity contribution is 5.88. The lowest BCUT2D eigenvalue weighted by Gasteiger charge is -2.29. The molecule has 33 heavy (non-hydrogen) atoms. The van der Waals surface area contributed by atoms with Gasteiger partial charge in [0.1, 0.15) is 29.1 Å². The summed E-state index contributed by atoms with van der Waals surface area (Å²) in [6.07, 6.45) is 0.985. The third kappa shape index (κ3) is 4.49. The normalized spacial score (nSPS) is 16.9. The van der Waals surface area contributed by atoms with E-state index in [-0.39, 0.29) is 12.2 Å². The summed E-state index contributed by atoms with van der Waals surface area (Å²) in [6.45, 7) is 6.87. The molecular formula is C24H25N3O6. The van der Waals surface area contributed by atoms with E-state index in [1.165, 1.54) is 14.0 Å². The Bertz CT molecular complexity index is 1270. The highest BCUT2D eigenvalue weighted by Gasteiger charge is 2.34. The molecule has 9 nitrogen and oxygen atoms in total. The molecular weight excluding hydrogens is 426 g/mol. The van der Waals surface area contributed by atoms with Crippen LogP contribution in [-0.4, -0.2) is 49.7 Å². The van der Waals surface area contributed by atoms with Crippen LogP contribution in [0.4, 0.5) is 0 Å². The molecule has 0 saturated carbocycles. The number of methoxy groups -OCH3 is 1. The summed E-state index contributed by atoms with van der Waals surface area (Å²) in [5.41, 5.74) is -1.01. The molecule has 1 aliphatic heterocycles. The molecule has 2 N–H and O–H groups in total. The van der Waals surface area contributed by atoms with Crippen molar-refractivity contribution in [2.45, 2.75) is 51.5 Å². The van der Waals surface area contributed by atoms with Crippen molar-refractivity contribution in [1.29, 1.82) is 0 Å². The number of aryl methyl sites for hydroxylation is 1. The molecule has 0 spiro atoms. The van der Waals surface area contributed by atoms with E-state index >= 15 is 0 Å². The van der Waals surface area contributed by atoms with Crippen LogP contribution in [0.25, 0.3) is 11.4 Å². The minimum Gasteiger partial charge on any atom is -0.485 e. The Labute approximate surface area is 190 Å². The van der Waals surface area contributed by atoms with Crippen molar-refractivity contribution in [3.63, 3.8) is 0 Å². The van der Waals surface area contributed by atoms with Crippen LogP contribution in [0.15, 0.2) is 35.0 Å². The third-order valence-corrected chi connectivity index (χ3v) is 5.39. The lowest BCUT2D eigenvalue weighted by molar-refractivity contribution is -0.0394. The average Bonchev–Trinajstić information content (AvgIpc) is 3.35. The Morgan fingerprint density at radius 1 is 1.27 bits per heavy atom. The summed E-state index contributed by atoms with van der Waals surface area (Å²) in [5.74, 6) is 6.77. The quantitative estimate of drug-likeness (QED) is 0.460. The standard InChI is InChI=1S/C24H25N3O6/c1-14-10-19(26-33-14)24(4,30)9-8-15-6-7-18-16(11-15)21-25-17(22(28)31-5)12-27(21)13-20(32-18)23(2,3)29/h6-7,10-12,20,29-30H,13H2,1-5H3/t20?,24-/m1/s1. The number of hydrogen-bond acceptors (Lipinski definition) is 8. The zero-order chi connectivity index (χ0) is 24.0. The van der Waals surface area contributed by atoms with Gasteiger partial charge < -0.3 is 28.8 Å². The summed E-state index contributed by atoms with van der Waals surface area (Å²) in [6, 6.07) is 6.87. The number of esters is 1. The molecule has 0 fully saturated rings. The molecule has 0 saturated heterocycles. The maximum absolute atomic E-state index is 12.1. The highest BCUT2D eigenvalue weighted by atomic mass is 16.5. The average molecular weight is 451 g/mol. The number of rotatable bonds is 3. The maximum atomic E-state index is 12.1. The van der Waals surface area contributed by atoms with E-state index in [9.17, 15) is 15.0 Å². The lowest BCUT2D eigenvalue weighted by atomic mass is 10.0. The summed E-state index contributed by atoms with van der Waals surface area (Å²) >= 11 is 0. The molecule has 9 heteroatoms. The van der Waals surface area contributed by atoms with E-state index < -0.39 is 23.3 Å². The fourth-order valence-corrected chi connectivity index (χ4v) is 3.45. The largest absolute Gasteiger partial charge is 0.485 e. The van der Waals surface area contributed by atoms with Crippen LogP contribution in [0.1, 0.15) is 48.3 Å². The van der Waals surface area contributed by atoms with Gasteiger partial charge in [-0.05, 0) is 45.9 Å². The van der Waals surface area contributed by atoms with Crippen molar-refractivity contribution in [1.82, 2.24) is 14.7 Å². The number of aliphatic hydroxyl groups is 2. The van der Waals surface area contributed by atoms with Gasteiger partial charge in [-0.2, -0.15) is 0 Å². The van der Waals surface area contributed by atoms with E-state index in [1.54, 1.807) is 55.8 Å². The van der Waals surface area contributed by atoms with Gasteiger partial charge in [0.25, 0.3) is 0 Å². The van der Waals surface area contributed by atoms with Crippen molar-refractivity contribution in [2.75, 3.05) is 7.11 Å². The zero-order valence-corrected chi connectivity index (χ0v) is 19.0. The second kappa shape index (κ2) is 8.06. The van der Waals surface area contributed by atoms with Crippen LogP contribution in [-0.2, 0) is 16.9 Å². The molecule has 3 heterocycles. The number of aromatic nitrogens is 3. The van der Waals surface area contributed by atoms with E-state index in [4.69, 9.17) is 14.0 Å². The minimum atomic E-state index is -1.51. The Balaban J connectivity index is 1.78.